The number of likely N-dealkylation sites (tertiary alicyclic amines) is 1. The van der Waals surface area contributed by atoms with E-state index < -0.39 is 0 Å². The van der Waals surface area contributed by atoms with Crippen molar-refractivity contribution in [3.63, 3.8) is 0 Å². The van der Waals surface area contributed by atoms with Gasteiger partial charge in [-0.25, -0.2) is 4.98 Å². The topological polar surface area (TPSA) is 33.2 Å². The molecule has 2 heterocycles. The van der Waals surface area contributed by atoms with Crippen LogP contribution >= 0.6 is 11.8 Å². The summed E-state index contributed by atoms with van der Waals surface area (Å²) >= 11 is 1.66. The molecule has 3 rings (SSSR count). The second kappa shape index (κ2) is 6.09. The van der Waals surface area contributed by atoms with E-state index in [-0.39, 0.29) is 6.04 Å². The summed E-state index contributed by atoms with van der Waals surface area (Å²) in [4.78, 5) is 18.7. The monoisotopic (exact) mass is 284 g/mol. The zero-order chi connectivity index (χ0) is 13.8. The average molecular weight is 284 g/mol. The molecule has 1 saturated heterocycles. The van der Waals surface area contributed by atoms with Crippen molar-refractivity contribution < 1.29 is 4.79 Å². The van der Waals surface area contributed by atoms with E-state index in [1.54, 1.807) is 11.8 Å². The third-order valence-electron chi connectivity index (χ3n) is 3.55. The first kappa shape index (κ1) is 13.2. The normalized spacial score (nSPS) is 18.2. The van der Waals surface area contributed by atoms with Gasteiger partial charge in [0.2, 0.25) is 6.41 Å². The Labute approximate surface area is 123 Å². The predicted octanol–water partition coefficient (Wildman–Crippen LogP) is 3.53. The Morgan fingerprint density at radius 2 is 2.05 bits per heavy atom. The van der Waals surface area contributed by atoms with E-state index >= 15 is 0 Å². The summed E-state index contributed by atoms with van der Waals surface area (Å²) in [6.45, 7) is 0.846. The standard InChI is InChI=1S/C16H16N2OS/c19-12-18-11-5-9-15(18)14-8-4-10-17-16(14)20-13-6-2-1-3-7-13/h1-4,6-8,10,12,15H,5,9,11H2/t15-/m1/s1. The minimum Gasteiger partial charge on any atom is -0.338 e. The number of rotatable bonds is 4. The third-order valence-corrected chi connectivity index (χ3v) is 4.59. The second-order valence-electron chi connectivity index (χ2n) is 4.81. The van der Waals surface area contributed by atoms with E-state index in [1.807, 2.05) is 35.4 Å². The van der Waals surface area contributed by atoms with Crippen LogP contribution in [0.4, 0.5) is 0 Å². The molecule has 0 N–H and O–H groups in total. The minimum atomic E-state index is 0.174. The number of benzene rings is 1. The largest absolute Gasteiger partial charge is 0.338 e. The third kappa shape index (κ3) is 2.70. The van der Waals surface area contributed by atoms with Gasteiger partial charge in [0.25, 0.3) is 0 Å². The zero-order valence-electron chi connectivity index (χ0n) is 11.1. The molecule has 1 aliphatic heterocycles. The van der Waals surface area contributed by atoms with E-state index in [0.29, 0.717) is 0 Å². The van der Waals surface area contributed by atoms with Crippen molar-refractivity contribution in [3.05, 3.63) is 54.2 Å². The molecule has 1 amide bonds. The van der Waals surface area contributed by atoms with Crippen molar-refractivity contribution in [1.29, 1.82) is 0 Å². The molecule has 0 bridgehead atoms. The molecule has 1 aromatic carbocycles. The van der Waals surface area contributed by atoms with Gasteiger partial charge in [0.1, 0.15) is 5.03 Å². The molecule has 0 saturated carbocycles. The van der Waals surface area contributed by atoms with Crippen LogP contribution in [0.5, 0.6) is 0 Å². The number of carbonyl (C=O) groups excluding carboxylic acids is 1. The van der Waals surface area contributed by atoms with Gasteiger partial charge < -0.3 is 4.90 Å². The van der Waals surface area contributed by atoms with Gasteiger partial charge in [0.05, 0.1) is 6.04 Å². The maximum atomic E-state index is 11.2. The Bertz CT molecular complexity index is 588. The highest BCUT2D eigenvalue weighted by Gasteiger charge is 2.27. The molecule has 1 aromatic heterocycles. The summed E-state index contributed by atoms with van der Waals surface area (Å²) in [5.41, 5.74) is 1.16. The smallest absolute Gasteiger partial charge is 0.210 e. The lowest BCUT2D eigenvalue weighted by Gasteiger charge is -2.22. The number of hydrogen-bond acceptors (Lipinski definition) is 3. The molecule has 0 radical (unpaired) electrons. The first-order valence-electron chi connectivity index (χ1n) is 6.77. The minimum absolute atomic E-state index is 0.174. The summed E-state index contributed by atoms with van der Waals surface area (Å²) in [7, 11) is 0. The first-order chi connectivity index (χ1) is 9.88. The molecule has 1 fully saturated rings. The number of nitrogens with zero attached hydrogens (tertiary/aromatic N) is 2. The maximum Gasteiger partial charge on any atom is 0.210 e. The summed E-state index contributed by atoms with van der Waals surface area (Å²) in [6.07, 6.45) is 4.86. The molecule has 4 heteroatoms. The summed E-state index contributed by atoms with van der Waals surface area (Å²) < 4.78 is 0. The van der Waals surface area contributed by atoms with Crippen LogP contribution in [0.25, 0.3) is 0 Å². The molecular weight excluding hydrogens is 268 g/mol. The SMILES string of the molecule is O=CN1CCC[C@@H]1c1cccnc1Sc1ccccc1. The Morgan fingerprint density at radius 1 is 1.20 bits per heavy atom. The van der Waals surface area contributed by atoms with Crippen molar-refractivity contribution in [3.8, 4) is 0 Å². The Morgan fingerprint density at radius 3 is 2.85 bits per heavy atom. The summed E-state index contributed by atoms with van der Waals surface area (Å²) in [6, 6.07) is 14.4. The Hall–Kier alpha value is -1.81. The Balaban J connectivity index is 1.90. The van der Waals surface area contributed by atoms with Crippen molar-refractivity contribution in [1.82, 2.24) is 9.88 Å². The van der Waals surface area contributed by atoms with Crippen molar-refractivity contribution in [2.75, 3.05) is 6.54 Å². The fraction of sp³-hybridized carbons (Fsp3) is 0.250. The summed E-state index contributed by atoms with van der Waals surface area (Å²) in [5, 5.41) is 0.998. The van der Waals surface area contributed by atoms with Gasteiger partial charge in [0.15, 0.2) is 0 Å². The van der Waals surface area contributed by atoms with Crippen molar-refractivity contribution >= 4 is 18.2 Å². The highest BCUT2D eigenvalue weighted by atomic mass is 32.2. The number of hydrogen-bond donors (Lipinski definition) is 0. The van der Waals surface area contributed by atoms with Crippen molar-refractivity contribution in [2.45, 2.75) is 28.8 Å². The van der Waals surface area contributed by atoms with Crippen LogP contribution in [0.1, 0.15) is 24.4 Å². The maximum absolute atomic E-state index is 11.2. The number of carbonyl (C=O) groups is 1. The van der Waals surface area contributed by atoms with E-state index in [1.165, 1.54) is 4.90 Å². The number of aromatic nitrogens is 1. The van der Waals surface area contributed by atoms with E-state index in [0.717, 1.165) is 36.4 Å². The van der Waals surface area contributed by atoms with Crippen LogP contribution in [0.15, 0.2) is 58.6 Å². The van der Waals surface area contributed by atoms with Crippen molar-refractivity contribution in [2.24, 2.45) is 0 Å². The lowest BCUT2D eigenvalue weighted by molar-refractivity contribution is -0.118. The molecule has 1 atom stereocenters. The van der Waals surface area contributed by atoms with Gasteiger partial charge in [-0.3, -0.25) is 4.79 Å². The molecular formula is C16H16N2OS. The highest BCUT2D eigenvalue weighted by molar-refractivity contribution is 7.99. The fourth-order valence-corrected chi connectivity index (χ4v) is 3.54. The molecule has 1 aliphatic rings. The van der Waals surface area contributed by atoms with Crippen LogP contribution in [-0.4, -0.2) is 22.8 Å². The highest BCUT2D eigenvalue weighted by Crippen LogP contribution is 2.37. The second-order valence-corrected chi connectivity index (χ2v) is 5.88. The summed E-state index contributed by atoms with van der Waals surface area (Å²) in [5.74, 6) is 0. The average Bonchev–Trinajstić information content (AvgIpc) is 2.97. The molecule has 20 heavy (non-hydrogen) atoms. The van der Waals surface area contributed by atoms with Gasteiger partial charge in [-0.05, 0) is 31.0 Å². The zero-order valence-corrected chi connectivity index (χ0v) is 11.9. The van der Waals surface area contributed by atoms with Crippen LogP contribution in [0.3, 0.4) is 0 Å². The van der Waals surface area contributed by atoms with Gasteiger partial charge in [-0.1, -0.05) is 36.0 Å². The van der Waals surface area contributed by atoms with E-state index in [2.05, 4.69) is 23.2 Å². The lowest BCUT2D eigenvalue weighted by Crippen LogP contribution is -2.21. The van der Waals surface area contributed by atoms with Gasteiger partial charge >= 0.3 is 0 Å². The van der Waals surface area contributed by atoms with E-state index in [4.69, 9.17) is 0 Å². The fourth-order valence-electron chi connectivity index (χ4n) is 2.59. The molecule has 2 aromatic rings. The van der Waals surface area contributed by atoms with Crippen LogP contribution < -0.4 is 0 Å². The van der Waals surface area contributed by atoms with E-state index in [9.17, 15) is 4.79 Å². The number of pyridine rings is 1. The Kier molecular flexibility index (Phi) is 4.02. The quantitative estimate of drug-likeness (QED) is 0.805. The van der Waals surface area contributed by atoms with Gasteiger partial charge in [0, 0.05) is 23.2 Å². The van der Waals surface area contributed by atoms with Gasteiger partial charge in [-0.15, -0.1) is 0 Å². The van der Waals surface area contributed by atoms with Gasteiger partial charge in [-0.2, -0.15) is 0 Å². The van der Waals surface area contributed by atoms with Crippen LogP contribution in [0, 0.1) is 0 Å². The van der Waals surface area contributed by atoms with Crippen LogP contribution in [0.2, 0.25) is 0 Å². The molecule has 3 nitrogen and oxygen atoms in total. The molecule has 0 unspecified atom stereocenters. The molecule has 102 valence electrons. The molecule has 0 aliphatic carbocycles. The lowest BCUT2D eigenvalue weighted by atomic mass is 10.1. The number of amides is 1. The predicted molar refractivity (Wildman–Crippen MR) is 79.5 cm³/mol. The molecule has 0 spiro atoms. The van der Waals surface area contributed by atoms with Crippen LogP contribution in [-0.2, 0) is 4.79 Å². The first-order valence-corrected chi connectivity index (χ1v) is 7.59.